The summed E-state index contributed by atoms with van der Waals surface area (Å²) < 4.78 is 0. The Balaban J connectivity index is 3.61. The second-order valence-corrected chi connectivity index (χ2v) is 2.75. The average molecular weight is 174 g/mol. The van der Waals surface area contributed by atoms with Crippen molar-refractivity contribution in [1.29, 1.82) is 0 Å². The third-order valence-electron chi connectivity index (χ3n) is 1.51. The first-order valence-electron chi connectivity index (χ1n) is 4.29. The average Bonchev–Trinajstić information content (AvgIpc) is 2.04. The maximum atomic E-state index is 11.0. The van der Waals surface area contributed by atoms with E-state index >= 15 is 0 Å². The molecule has 1 amide bonds. The molecule has 0 saturated carbocycles. The summed E-state index contributed by atoms with van der Waals surface area (Å²) in [5.41, 5.74) is 0. The molecule has 0 rings (SSSR count). The zero-order chi connectivity index (χ0) is 9.40. The molecule has 0 heterocycles. The van der Waals surface area contributed by atoms with E-state index in [1.165, 1.54) is 0 Å². The number of rotatable bonds is 6. The van der Waals surface area contributed by atoms with Crippen LogP contribution in [0.4, 0.5) is 0 Å². The first-order valence-corrected chi connectivity index (χ1v) is 4.29. The Kier molecular flexibility index (Phi) is 6.70. The lowest BCUT2D eigenvalue weighted by molar-refractivity contribution is -0.122. The van der Waals surface area contributed by atoms with Crippen molar-refractivity contribution in [2.75, 3.05) is 20.2 Å². The largest absolute Gasteiger partial charge is 0.394 e. The van der Waals surface area contributed by atoms with Gasteiger partial charge in [-0.2, -0.15) is 0 Å². The molecular weight excluding hydrogens is 156 g/mol. The summed E-state index contributed by atoms with van der Waals surface area (Å²) in [6.45, 7) is 2.54. The van der Waals surface area contributed by atoms with Gasteiger partial charge in [-0.1, -0.05) is 6.92 Å². The molecule has 0 aliphatic rings. The number of amides is 1. The Bertz CT molecular complexity index is 128. The van der Waals surface area contributed by atoms with E-state index in [9.17, 15) is 4.79 Å². The van der Waals surface area contributed by atoms with Crippen LogP contribution >= 0.6 is 0 Å². The topological polar surface area (TPSA) is 61.4 Å². The van der Waals surface area contributed by atoms with Crippen molar-refractivity contribution in [3.8, 4) is 0 Å². The highest BCUT2D eigenvalue weighted by Crippen LogP contribution is 1.88. The van der Waals surface area contributed by atoms with Crippen LogP contribution in [0.5, 0.6) is 0 Å². The van der Waals surface area contributed by atoms with E-state index < -0.39 is 0 Å². The Morgan fingerprint density at radius 3 is 2.67 bits per heavy atom. The van der Waals surface area contributed by atoms with Gasteiger partial charge < -0.3 is 15.7 Å². The molecule has 0 aromatic heterocycles. The fourth-order valence-electron chi connectivity index (χ4n) is 0.935. The molecule has 0 aromatic carbocycles. The van der Waals surface area contributed by atoms with E-state index in [1.54, 1.807) is 7.05 Å². The number of carbonyl (C=O) groups is 1. The quantitative estimate of drug-likeness (QED) is 0.508. The van der Waals surface area contributed by atoms with Gasteiger partial charge in [0.05, 0.1) is 12.6 Å². The fraction of sp³-hybridized carbons (Fsp3) is 0.875. The lowest BCUT2D eigenvalue weighted by atomic mass is 10.2. The summed E-state index contributed by atoms with van der Waals surface area (Å²) in [5.74, 6) is 0.00630. The Morgan fingerprint density at radius 1 is 1.58 bits per heavy atom. The number of hydrogen-bond acceptors (Lipinski definition) is 3. The molecule has 12 heavy (non-hydrogen) atoms. The molecule has 0 fully saturated rings. The van der Waals surface area contributed by atoms with Gasteiger partial charge in [0.25, 0.3) is 0 Å². The van der Waals surface area contributed by atoms with Gasteiger partial charge in [0.15, 0.2) is 0 Å². The van der Waals surface area contributed by atoms with Crippen molar-refractivity contribution in [3.63, 3.8) is 0 Å². The minimum Gasteiger partial charge on any atom is -0.394 e. The van der Waals surface area contributed by atoms with E-state index in [2.05, 4.69) is 10.6 Å². The van der Waals surface area contributed by atoms with E-state index in [0.29, 0.717) is 13.0 Å². The molecule has 0 aromatic rings. The Morgan fingerprint density at radius 2 is 2.25 bits per heavy atom. The first-order chi connectivity index (χ1) is 5.74. The van der Waals surface area contributed by atoms with Crippen molar-refractivity contribution < 1.29 is 9.90 Å². The molecule has 3 N–H and O–H groups in total. The van der Waals surface area contributed by atoms with Crippen molar-refractivity contribution in [2.45, 2.75) is 25.8 Å². The number of carbonyl (C=O) groups excluding carboxylic acids is 1. The maximum Gasteiger partial charge on any atom is 0.220 e. The Hall–Kier alpha value is -0.610. The van der Waals surface area contributed by atoms with Crippen molar-refractivity contribution in [1.82, 2.24) is 10.6 Å². The van der Waals surface area contributed by atoms with Crippen LogP contribution in [-0.4, -0.2) is 37.3 Å². The summed E-state index contributed by atoms with van der Waals surface area (Å²) >= 11 is 0. The third-order valence-corrected chi connectivity index (χ3v) is 1.51. The standard InChI is InChI=1S/C8H18N2O2/c1-3-4-8(12)10-7(6-11)5-9-2/h7,9,11H,3-6H2,1-2H3,(H,10,12)/t7-/m1/s1. The van der Waals surface area contributed by atoms with Crippen LogP contribution in [0.2, 0.25) is 0 Å². The van der Waals surface area contributed by atoms with Crippen LogP contribution in [0.1, 0.15) is 19.8 Å². The molecule has 0 unspecified atom stereocenters. The number of aliphatic hydroxyl groups excluding tert-OH is 1. The van der Waals surface area contributed by atoms with Crippen LogP contribution in [0, 0.1) is 0 Å². The smallest absolute Gasteiger partial charge is 0.220 e. The first kappa shape index (κ1) is 11.4. The zero-order valence-electron chi connectivity index (χ0n) is 7.76. The monoisotopic (exact) mass is 174 g/mol. The molecule has 4 heteroatoms. The number of hydrogen-bond donors (Lipinski definition) is 3. The highest BCUT2D eigenvalue weighted by atomic mass is 16.3. The summed E-state index contributed by atoms with van der Waals surface area (Å²) in [6.07, 6.45) is 1.36. The number of aliphatic hydroxyl groups is 1. The SMILES string of the molecule is CCCC(=O)N[C@@H](CO)CNC. The minimum atomic E-state index is -0.158. The molecule has 0 radical (unpaired) electrons. The summed E-state index contributed by atoms with van der Waals surface area (Å²) in [5, 5.41) is 14.4. The van der Waals surface area contributed by atoms with Gasteiger partial charge in [0.1, 0.15) is 0 Å². The second kappa shape index (κ2) is 7.06. The summed E-state index contributed by atoms with van der Waals surface area (Å²) in [6, 6.07) is -0.158. The van der Waals surface area contributed by atoms with Gasteiger partial charge >= 0.3 is 0 Å². The third kappa shape index (κ3) is 5.09. The van der Waals surface area contributed by atoms with Crippen LogP contribution in [0.25, 0.3) is 0 Å². The van der Waals surface area contributed by atoms with Gasteiger partial charge in [-0.3, -0.25) is 4.79 Å². The highest BCUT2D eigenvalue weighted by Gasteiger charge is 2.08. The fourth-order valence-corrected chi connectivity index (χ4v) is 0.935. The van der Waals surface area contributed by atoms with Gasteiger partial charge in [-0.15, -0.1) is 0 Å². The molecule has 0 spiro atoms. The van der Waals surface area contributed by atoms with Crippen LogP contribution < -0.4 is 10.6 Å². The van der Waals surface area contributed by atoms with E-state index in [1.807, 2.05) is 6.92 Å². The summed E-state index contributed by atoms with van der Waals surface area (Å²) in [4.78, 5) is 11.0. The maximum absolute atomic E-state index is 11.0. The predicted molar refractivity (Wildman–Crippen MR) is 47.9 cm³/mol. The molecule has 1 atom stereocenters. The predicted octanol–water partition coefficient (Wildman–Crippen LogP) is -0.517. The molecule has 4 nitrogen and oxygen atoms in total. The van der Waals surface area contributed by atoms with Crippen molar-refractivity contribution >= 4 is 5.91 Å². The van der Waals surface area contributed by atoms with Crippen LogP contribution in [0.15, 0.2) is 0 Å². The molecular formula is C8H18N2O2. The Labute approximate surface area is 73.3 Å². The van der Waals surface area contributed by atoms with Gasteiger partial charge in [-0.25, -0.2) is 0 Å². The lowest BCUT2D eigenvalue weighted by Crippen LogP contribution is -2.43. The number of likely N-dealkylation sites (N-methyl/N-ethyl adjacent to an activating group) is 1. The number of nitrogens with one attached hydrogen (secondary N) is 2. The van der Waals surface area contributed by atoms with E-state index in [0.717, 1.165) is 6.42 Å². The summed E-state index contributed by atoms with van der Waals surface area (Å²) in [7, 11) is 1.79. The molecule has 0 bridgehead atoms. The minimum absolute atomic E-state index is 0.00630. The van der Waals surface area contributed by atoms with Crippen molar-refractivity contribution in [3.05, 3.63) is 0 Å². The normalized spacial score (nSPS) is 12.6. The molecule has 0 aliphatic heterocycles. The highest BCUT2D eigenvalue weighted by molar-refractivity contribution is 5.76. The van der Waals surface area contributed by atoms with E-state index in [-0.39, 0.29) is 18.6 Å². The van der Waals surface area contributed by atoms with Crippen LogP contribution in [-0.2, 0) is 4.79 Å². The van der Waals surface area contributed by atoms with Crippen molar-refractivity contribution in [2.24, 2.45) is 0 Å². The van der Waals surface area contributed by atoms with Gasteiger partial charge in [0.2, 0.25) is 5.91 Å². The molecule has 0 aliphatic carbocycles. The molecule has 0 saturated heterocycles. The zero-order valence-corrected chi connectivity index (χ0v) is 7.76. The second-order valence-electron chi connectivity index (χ2n) is 2.75. The van der Waals surface area contributed by atoms with Gasteiger partial charge in [-0.05, 0) is 13.5 Å². The van der Waals surface area contributed by atoms with E-state index in [4.69, 9.17) is 5.11 Å². The van der Waals surface area contributed by atoms with Gasteiger partial charge in [0, 0.05) is 13.0 Å². The molecule has 72 valence electrons. The lowest BCUT2D eigenvalue weighted by Gasteiger charge is -2.15. The van der Waals surface area contributed by atoms with Crippen LogP contribution in [0.3, 0.4) is 0 Å².